The van der Waals surface area contributed by atoms with Crippen molar-refractivity contribution in [1.29, 1.82) is 0 Å². The summed E-state index contributed by atoms with van der Waals surface area (Å²) in [4.78, 5) is 1.43. The maximum atomic E-state index is 3.81. The van der Waals surface area contributed by atoms with E-state index in [1.165, 1.54) is 15.8 Å². The molecule has 0 saturated carbocycles. The third-order valence-corrected chi connectivity index (χ3v) is 3.92. The first-order valence-electron chi connectivity index (χ1n) is 5.33. The predicted octanol–water partition coefficient (Wildman–Crippen LogP) is 4.00. The smallest absolute Gasteiger partial charge is 0.0285 e. The molecule has 1 atom stereocenters. The third kappa shape index (κ3) is 4.96. The van der Waals surface area contributed by atoms with Crippen molar-refractivity contribution < 1.29 is 0 Å². The van der Waals surface area contributed by atoms with Gasteiger partial charge in [0, 0.05) is 20.8 Å². The average Bonchev–Trinajstić information content (AvgIpc) is 2.61. The Kier molecular flexibility index (Phi) is 6.22. The molecule has 1 aromatic rings. The Morgan fingerprint density at radius 3 is 3.00 bits per heavy atom. The molecule has 1 N–H and O–H groups in total. The molecule has 0 radical (unpaired) electrons. The summed E-state index contributed by atoms with van der Waals surface area (Å²) in [5.41, 5.74) is 0. The molecule has 0 spiro atoms. The largest absolute Gasteiger partial charge is 0.313 e. The van der Waals surface area contributed by atoms with Crippen molar-refractivity contribution >= 4 is 27.3 Å². The molecule has 15 heavy (non-hydrogen) atoms. The number of halogens is 1. The maximum Gasteiger partial charge on any atom is 0.0285 e. The molecule has 3 heteroatoms. The summed E-state index contributed by atoms with van der Waals surface area (Å²) >= 11 is 5.30. The van der Waals surface area contributed by atoms with Gasteiger partial charge < -0.3 is 5.32 Å². The van der Waals surface area contributed by atoms with Crippen LogP contribution in [0.5, 0.6) is 0 Å². The Bertz CT molecular complexity index is 296. The SMILES string of the molecule is C=CCC(Cc1cc(Br)cs1)NCCC. The van der Waals surface area contributed by atoms with Gasteiger partial charge in [-0.3, -0.25) is 0 Å². The highest BCUT2D eigenvalue weighted by Crippen LogP contribution is 2.21. The van der Waals surface area contributed by atoms with Gasteiger partial charge in [0.05, 0.1) is 0 Å². The van der Waals surface area contributed by atoms with E-state index in [9.17, 15) is 0 Å². The third-order valence-electron chi connectivity index (χ3n) is 2.20. The van der Waals surface area contributed by atoms with Crippen LogP contribution in [0.2, 0.25) is 0 Å². The molecule has 84 valence electrons. The van der Waals surface area contributed by atoms with E-state index < -0.39 is 0 Å². The molecule has 0 saturated heterocycles. The zero-order valence-electron chi connectivity index (χ0n) is 9.13. The van der Waals surface area contributed by atoms with Crippen LogP contribution >= 0.6 is 27.3 Å². The summed E-state index contributed by atoms with van der Waals surface area (Å²) in [6.07, 6.45) is 5.32. The standard InChI is InChI=1S/C12H18BrNS/c1-3-5-11(14-6-4-2)8-12-7-10(13)9-15-12/h3,7,9,11,14H,1,4-6,8H2,2H3. The van der Waals surface area contributed by atoms with Crippen LogP contribution in [0.15, 0.2) is 28.6 Å². The fourth-order valence-corrected chi connectivity index (χ4v) is 3.02. The Labute approximate surface area is 105 Å². The van der Waals surface area contributed by atoms with Crippen molar-refractivity contribution in [2.75, 3.05) is 6.54 Å². The van der Waals surface area contributed by atoms with Gasteiger partial charge in [-0.05, 0) is 47.8 Å². The molecule has 1 aromatic heterocycles. The van der Waals surface area contributed by atoms with Crippen molar-refractivity contribution in [3.05, 3.63) is 33.5 Å². The van der Waals surface area contributed by atoms with Crippen LogP contribution in [0, 0.1) is 0 Å². The maximum absolute atomic E-state index is 3.81. The van der Waals surface area contributed by atoms with Gasteiger partial charge in [-0.1, -0.05) is 13.0 Å². The van der Waals surface area contributed by atoms with Gasteiger partial charge in [-0.15, -0.1) is 17.9 Å². The first-order chi connectivity index (χ1) is 7.26. The molecule has 0 aliphatic heterocycles. The minimum Gasteiger partial charge on any atom is -0.313 e. The van der Waals surface area contributed by atoms with Gasteiger partial charge in [0.1, 0.15) is 0 Å². The predicted molar refractivity (Wildman–Crippen MR) is 72.6 cm³/mol. The fraction of sp³-hybridized carbons (Fsp3) is 0.500. The molecule has 1 rings (SSSR count). The minimum absolute atomic E-state index is 0.535. The van der Waals surface area contributed by atoms with Crippen LogP contribution < -0.4 is 5.32 Å². The molecule has 0 fully saturated rings. The number of hydrogen-bond donors (Lipinski definition) is 1. The highest BCUT2D eigenvalue weighted by atomic mass is 79.9. The van der Waals surface area contributed by atoms with Crippen molar-refractivity contribution in [1.82, 2.24) is 5.32 Å². The number of nitrogens with one attached hydrogen (secondary N) is 1. The van der Waals surface area contributed by atoms with E-state index >= 15 is 0 Å². The summed E-state index contributed by atoms with van der Waals surface area (Å²) in [7, 11) is 0. The van der Waals surface area contributed by atoms with E-state index in [4.69, 9.17) is 0 Å². The molecule has 0 amide bonds. The second-order valence-electron chi connectivity index (χ2n) is 3.61. The monoisotopic (exact) mass is 287 g/mol. The lowest BCUT2D eigenvalue weighted by molar-refractivity contribution is 0.515. The van der Waals surface area contributed by atoms with Gasteiger partial charge in [0.25, 0.3) is 0 Å². The van der Waals surface area contributed by atoms with E-state index in [0.717, 1.165) is 19.4 Å². The van der Waals surface area contributed by atoms with Crippen LogP contribution in [0.1, 0.15) is 24.6 Å². The molecule has 0 aliphatic rings. The zero-order valence-corrected chi connectivity index (χ0v) is 11.5. The molecule has 0 aliphatic carbocycles. The van der Waals surface area contributed by atoms with Crippen LogP contribution in [0.3, 0.4) is 0 Å². The zero-order chi connectivity index (χ0) is 11.1. The van der Waals surface area contributed by atoms with Crippen LogP contribution in [-0.4, -0.2) is 12.6 Å². The van der Waals surface area contributed by atoms with E-state index in [1.807, 2.05) is 17.4 Å². The number of rotatable bonds is 7. The van der Waals surface area contributed by atoms with Crippen LogP contribution in [-0.2, 0) is 6.42 Å². The van der Waals surface area contributed by atoms with Gasteiger partial charge in [0.15, 0.2) is 0 Å². The van der Waals surface area contributed by atoms with Gasteiger partial charge in [-0.2, -0.15) is 0 Å². The normalized spacial score (nSPS) is 12.7. The van der Waals surface area contributed by atoms with Crippen molar-refractivity contribution in [3.8, 4) is 0 Å². The highest BCUT2D eigenvalue weighted by Gasteiger charge is 2.08. The van der Waals surface area contributed by atoms with Crippen LogP contribution in [0.4, 0.5) is 0 Å². The van der Waals surface area contributed by atoms with Gasteiger partial charge in [0.2, 0.25) is 0 Å². The van der Waals surface area contributed by atoms with Crippen LogP contribution in [0.25, 0.3) is 0 Å². The molecule has 1 unspecified atom stereocenters. The number of hydrogen-bond acceptors (Lipinski definition) is 2. The van der Waals surface area contributed by atoms with E-state index in [-0.39, 0.29) is 0 Å². The van der Waals surface area contributed by atoms with Gasteiger partial charge >= 0.3 is 0 Å². The molecule has 1 heterocycles. The Morgan fingerprint density at radius 1 is 1.67 bits per heavy atom. The van der Waals surface area contributed by atoms with E-state index in [1.54, 1.807) is 0 Å². The average molecular weight is 288 g/mol. The summed E-state index contributed by atoms with van der Waals surface area (Å²) < 4.78 is 1.19. The Morgan fingerprint density at radius 2 is 2.47 bits per heavy atom. The van der Waals surface area contributed by atoms with E-state index in [2.05, 4.69) is 46.2 Å². The van der Waals surface area contributed by atoms with E-state index in [0.29, 0.717) is 6.04 Å². The Balaban J connectivity index is 2.46. The summed E-state index contributed by atoms with van der Waals surface area (Å²) in [5.74, 6) is 0. The minimum atomic E-state index is 0.535. The second-order valence-corrected chi connectivity index (χ2v) is 5.52. The Hall–Kier alpha value is -0.120. The van der Waals surface area contributed by atoms with Gasteiger partial charge in [-0.25, -0.2) is 0 Å². The van der Waals surface area contributed by atoms with Crippen molar-refractivity contribution in [2.24, 2.45) is 0 Å². The summed E-state index contributed by atoms with van der Waals surface area (Å²) in [6.45, 7) is 7.09. The quantitative estimate of drug-likeness (QED) is 0.748. The molecular formula is C12H18BrNS. The van der Waals surface area contributed by atoms with Crippen molar-refractivity contribution in [3.63, 3.8) is 0 Å². The molecule has 1 nitrogen and oxygen atoms in total. The second kappa shape index (κ2) is 7.20. The first-order valence-corrected chi connectivity index (χ1v) is 7.00. The van der Waals surface area contributed by atoms with Crippen molar-refractivity contribution in [2.45, 2.75) is 32.2 Å². The summed E-state index contributed by atoms with van der Waals surface area (Å²) in [6, 6.07) is 2.74. The lowest BCUT2D eigenvalue weighted by atomic mass is 10.1. The molecule has 0 bridgehead atoms. The fourth-order valence-electron chi connectivity index (χ4n) is 1.49. The number of thiophene rings is 1. The lowest BCUT2D eigenvalue weighted by Crippen LogP contribution is -2.31. The molecule has 0 aromatic carbocycles. The lowest BCUT2D eigenvalue weighted by Gasteiger charge is -2.15. The summed E-state index contributed by atoms with van der Waals surface area (Å²) in [5, 5.41) is 5.69. The molecular weight excluding hydrogens is 270 g/mol. The highest BCUT2D eigenvalue weighted by molar-refractivity contribution is 9.10. The first kappa shape index (κ1) is 12.9. The topological polar surface area (TPSA) is 12.0 Å².